The summed E-state index contributed by atoms with van der Waals surface area (Å²) in [5, 5.41) is 3.94. The van der Waals surface area contributed by atoms with E-state index in [1.54, 1.807) is 16.7 Å². The van der Waals surface area contributed by atoms with Crippen molar-refractivity contribution in [2.24, 2.45) is 5.92 Å². The molecule has 0 radical (unpaired) electrons. The molecule has 2 bridgehead atoms. The van der Waals surface area contributed by atoms with E-state index in [4.69, 9.17) is 4.52 Å². The number of amides is 1. The second kappa shape index (κ2) is 7.16. The van der Waals surface area contributed by atoms with Gasteiger partial charge in [-0.25, -0.2) is 0 Å². The lowest BCUT2D eigenvalue weighted by molar-refractivity contribution is -0.139. The number of hydrogen-bond acceptors (Lipinski definition) is 6. The molecule has 0 spiro atoms. The number of hydrogen-bond donors (Lipinski definition) is 0. The number of nitrogens with zero attached hydrogens (tertiary/aromatic N) is 5. The normalized spacial score (nSPS) is 24.6. The van der Waals surface area contributed by atoms with E-state index in [0.717, 1.165) is 25.2 Å². The molecular formula is C23H23N5O3. The van der Waals surface area contributed by atoms with Gasteiger partial charge in [-0.1, -0.05) is 35.5 Å². The molecule has 158 valence electrons. The predicted octanol–water partition coefficient (Wildman–Crippen LogP) is 1.93. The molecule has 5 heterocycles. The molecule has 0 saturated carbocycles. The maximum Gasteiger partial charge on any atom is 0.251 e. The number of likely N-dealkylation sites (tertiary alicyclic amines) is 1. The van der Waals surface area contributed by atoms with Gasteiger partial charge in [0.05, 0.1) is 6.54 Å². The predicted molar refractivity (Wildman–Crippen MR) is 111 cm³/mol. The van der Waals surface area contributed by atoms with Crippen molar-refractivity contribution >= 4 is 5.91 Å². The van der Waals surface area contributed by atoms with Gasteiger partial charge in [0, 0.05) is 49.8 Å². The van der Waals surface area contributed by atoms with Crippen LogP contribution in [0, 0.1) is 5.92 Å². The van der Waals surface area contributed by atoms with Gasteiger partial charge in [0.2, 0.25) is 12.3 Å². The number of carbonyl (C=O) groups excluding carboxylic acids is 1. The largest absolute Gasteiger partial charge is 0.343 e. The molecule has 0 N–H and O–H groups in total. The van der Waals surface area contributed by atoms with Crippen molar-refractivity contribution in [3.05, 3.63) is 81.9 Å². The lowest BCUT2D eigenvalue weighted by atomic mass is 9.78. The van der Waals surface area contributed by atoms with E-state index in [2.05, 4.69) is 27.2 Å². The van der Waals surface area contributed by atoms with Crippen molar-refractivity contribution in [1.82, 2.24) is 24.5 Å². The van der Waals surface area contributed by atoms with Crippen LogP contribution in [0.15, 0.2) is 58.2 Å². The van der Waals surface area contributed by atoms with Gasteiger partial charge in [0.1, 0.15) is 6.04 Å². The number of pyridine rings is 1. The topological polar surface area (TPSA) is 84.5 Å². The minimum Gasteiger partial charge on any atom is -0.343 e. The zero-order valence-electron chi connectivity index (χ0n) is 17.1. The summed E-state index contributed by atoms with van der Waals surface area (Å²) in [7, 11) is 0. The standard InChI is InChI=1S/C23H23N5O3/c29-21-7-3-6-19-17-8-18(10-26(9-17)13-20-24-14-31-25-20)22(28(19)21)23(30)27-11-15-4-1-2-5-16(15)12-27/h1-7,14,17-18,22H,8-13H2/t17-,18+,22+/m0/s1. The Bertz CT molecular complexity index is 1160. The molecule has 0 aliphatic carbocycles. The van der Waals surface area contributed by atoms with E-state index in [1.807, 2.05) is 23.1 Å². The number of carbonyl (C=O) groups is 1. The first-order chi connectivity index (χ1) is 15.2. The van der Waals surface area contributed by atoms with E-state index >= 15 is 0 Å². The lowest BCUT2D eigenvalue weighted by Gasteiger charge is -2.46. The minimum atomic E-state index is -0.484. The van der Waals surface area contributed by atoms with Gasteiger partial charge in [0.15, 0.2) is 5.82 Å². The van der Waals surface area contributed by atoms with Gasteiger partial charge < -0.3 is 9.42 Å². The fourth-order valence-corrected chi connectivity index (χ4v) is 5.61. The molecular weight excluding hydrogens is 394 g/mol. The summed E-state index contributed by atoms with van der Waals surface area (Å²) >= 11 is 0. The Morgan fingerprint density at radius 1 is 1.06 bits per heavy atom. The molecule has 0 unspecified atom stereocenters. The Hall–Kier alpha value is -3.26. The Morgan fingerprint density at radius 3 is 2.61 bits per heavy atom. The van der Waals surface area contributed by atoms with Crippen LogP contribution in [0.5, 0.6) is 0 Å². The van der Waals surface area contributed by atoms with Gasteiger partial charge in [-0.3, -0.25) is 19.1 Å². The molecule has 8 heteroatoms. The van der Waals surface area contributed by atoms with Crippen LogP contribution in [0.2, 0.25) is 0 Å². The van der Waals surface area contributed by atoms with Gasteiger partial charge in [-0.2, -0.15) is 4.98 Å². The first-order valence-electron chi connectivity index (χ1n) is 10.7. The molecule has 1 aromatic carbocycles. The molecule has 1 saturated heterocycles. The molecule has 3 aliphatic heterocycles. The number of benzene rings is 1. The second-order valence-corrected chi connectivity index (χ2v) is 8.80. The summed E-state index contributed by atoms with van der Waals surface area (Å²) < 4.78 is 6.66. The molecule has 6 rings (SSSR count). The molecule has 2 aromatic heterocycles. The van der Waals surface area contributed by atoms with Crippen LogP contribution in [-0.4, -0.2) is 43.5 Å². The molecule has 3 atom stereocenters. The zero-order valence-corrected chi connectivity index (χ0v) is 17.1. The first-order valence-corrected chi connectivity index (χ1v) is 10.7. The van der Waals surface area contributed by atoms with Crippen LogP contribution >= 0.6 is 0 Å². The fourth-order valence-electron chi connectivity index (χ4n) is 5.61. The minimum absolute atomic E-state index is 0.0376. The van der Waals surface area contributed by atoms with Crippen LogP contribution < -0.4 is 5.56 Å². The maximum atomic E-state index is 13.8. The average Bonchev–Trinajstić information content (AvgIpc) is 3.44. The molecule has 3 aliphatic rings. The Kier molecular flexibility index (Phi) is 4.27. The quantitative estimate of drug-likeness (QED) is 0.648. The highest BCUT2D eigenvalue weighted by atomic mass is 16.5. The number of fused-ring (bicyclic) bond motifs is 5. The van der Waals surface area contributed by atoms with Crippen molar-refractivity contribution in [1.29, 1.82) is 0 Å². The monoisotopic (exact) mass is 417 g/mol. The SMILES string of the molecule is O=C([C@H]1[C@@H]2C[C@@H](CN(Cc3ncon3)C2)c2cccc(=O)n21)N1Cc2ccccc2C1. The fraction of sp³-hybridized carbons (Fsp3) is 0.391. The van der Waals surface area contributed by atoms with E-state index in [-0.39, 0.29) is 23.3 Å². The van der Waals surface area contributed by atoms with Crippen LogP contribution in [-0.2, 0) is 24.4 Å². The number of rotatable bonds is 3. The highest BCUT2D eigenvalue weighted by Gasteiger charge is 2.45. The van der Waals surface area contributed by atoms with E-state index in [9.17, 15) is 9.59 Å². The van der Waals surface area contributed by atoms with Gasteiger partial charge in [-0.05, 0) is 23.6 Å². The van der Waals surface area contributed by atoms with Crippen LogP contribution in [0.25, 0.3) is 0 Å². The molecule has 1 fully saturated rings. The van der Waals surface area contributed by atoms with E-state index in [1.165, 1.54) is 17.5 Å². The van der Waals surface area contributed by atoms with Gasteiger partial charge in [-0.15, -0.1) is 0 Å². The van der Waals surface area contributed by atoms with Crippen LogP contribution in [0.3, 0.4) is 0 Å². The van der Waals surface area contributed by atoms with E-state index < -0.39 is 6.04 Å². The van der Waals surface area contributed by atoms with Crippen LogP contribution in [0.1, 0.15) is 41.0 Å². The Balaban J connectivity index is 1.35. The Labute approximate surface area is 179 Å². The summed E-state index contributed by atoms with van der Waals surface area (Å²) in [6.07, 6.45) is 2.25. The van der Waals surface area contributed by atoms with E-state index in [0.29, 0.717) is 25.5 Å². The summed E-state index contributed by atoms with van der Waals surface area (Å²) in [5.74, 6) is 0.952. The summed E-state index contributed by atoms with van der Waals surface area (Å²) in [4.78, 5) is 35.1. The smallest absolute Gasteiger partial charge is 0.251 e. The summed E-state index contributed by atoms with van der Waals surface area (Å²) in [6, 6.07) is 13.1. The molecule has 8 nitrogen and oxygen atoms in total. The van der Waals surface area contributed by atoms with Crippen molar-refractivity contribution in [2.45, 2.75) is 38.0 Å². The maximum absolute atomic E-state index is 13.8. The third kappa shape index (κ3) is 3.09. The van der Waals surface area contributed by atoms with Crippen molar-refractivity contribution in [3.63, 3.8) is 0 Å². The molecule has 3 aromatic rings. The molecule has 31 heavy (non-hydrogen) atoms. The van der Waals surface area contributed by atoms with Gasteiger partial charge in [0.25, 0.3) is 5.56 Å². The van der Waals surface area contributed by atoms with Crippen molar-refractivity contribution in [3.8, 4) is 0 Å². The highest BCUT2D eigenvalue weighted by Crippen LogP contribution is 2.42. The number of aromatic nitrogens is 3. The van der Waals surface area contributed by atoms with Crippen molar-refractivity contribution in [2.75, 3.05) is 13.1 Å². The van der Waals surface area contributed by atoms with Crippen molar-refractivity contribution < 1.29 is 9.32 Å². The highest BCUT2D eigenvalue weighted by molar-refractivity contribution is 5.82. The third-order valence-corrected chi connectivity index (χ3v) is 6.90. The summed E-state index contributed by atoms with van der Waals surface area (Å²) in [6.45, 7) is 3.32. The summed E-state index contributed by atoms with van der Waals surface area (Å²) in [5.41, 5.74) is 3.24. The average molecular weight is 417 g/mol. The van der Waals surface area contributed by atoms with Crippen LogP contribution in [0.4, 0.5) is 0 Å². The molecule has 1 amide bonds. The number of piperidine rings is 1. The second-order valence-electron chi connectivity index (χ2n) is 8.80. The Morgan fingerprint density at radius 2 is 1.87 bits per heavy atom. The third-order valence-electron chi connectivity index (χ3n) is 6.90. The first kappa shape index (κ1) is 18.5. The zero-order chi connectivity index (χ0) is 20.9. The van der Waals surface area contributed by atoms with Gasteiger partial charge >= 0.3 is 0 Å². The lowest BCUT2D eigenvalue weighted by Crippen LogP contribution is -2.53.